The highest BCUT2D eigenvalue weighted by Gasteiger charge is 2.38. The van der Waals surface area contributed by atoms with Crippen LogP contribution in [-0.4, -0.2) is 48.7 Å². The Bertz CT molecular complexity index is 281. The van der Waals surface area contributed by atoms with E-state index in [1.54, 1.807) is 13.0 Å². The fourth-order valence-electron chi connectivity index (χ4n) is 1.98. The molecule has 0 amide bonds. The predicted molar refractivity (Wildman–Crippen MR) is 64.5 cm³/mol. The minimum absolute atomic E-state index is 0.297. The van der Waals surface area contributed by atoms with E-state index in [4.69, 9.17) is 5.11 Å². The zero-order valence-corrected chi connectivity index (χ0v) is 10.4. The quantitative estimate of drug-likeness (QED) is 0.526. The summed E-state index contributed by atoms with van der Waals surface area (Å²) in [6, 6.07) is 0. The summed E-state index contributed by atoms with van der Waals surface area (Å²) in [7, 11) is 4.22. The van der Waals surface area contributed by atoms with Gasteiger partial charge in [-0.2, -0.15) is 0 Å². The van der Waals surface area contributed by atoms with E-state index in [2.05, 4.69) is 24.3 Å². The fraction of sp³-hybridized carbons (Fsp3) is 0.750. The Morgan fingerprint density at radius 3 is 2.50 bits per heavy atom. The third-order valence-corrected chi connectivity index (χ3v) is 3.58. The molecule has 1 aliphatic carbocycles. The van der Waals surface area contributed by atoms with Gasteiger partial charge in [0, 0.05) is 24.2 Å². The maximum atomic E-state index is 10.6. The van der Waals surface area contributed by atoms with Gasteiger partial charge in [0.15, 0.2) is 0 Å². The van der Waals surface area contributed by atoms with Crippen LogP contribution in [0.3, 0.4) is 0 Å². The van der Waals surface area contributed by atoms with E-state index in [9.17, 15) is 4.79 Å². The monoisotopic (exact) mass is 226 g/mol. The molecule has 0 aromatic heterocycles. The Labute approximate surface area is 97.3 Å². The van der Waals surface area contributed by atoms with Gasteiger partial charge in [0.25, 0.3) is 0 Å². The Morgan fingerprint density at radius 1 is 1.50 bits per heavy atom. The Morgan fingerprint density at radius 2 is 2.12 bits per heavy atom. The lowest BCUT2D eigenvalue weighted by molar-refractivity contribution is -0.132. The van der Waals surface area contributed by atoms with Gasteiger partial charge in [-0.05, 0) is 40.3 Å². The van der Waals surface area contributed by atoms with Gasteiger partial charge in [-0.1, -0.05) is 6.08 Å². The molecule has 0 saturated heterocycles. The van der Waals surface area contributed by atoms with Gasteiger partial charge in [-0.25, -0.2) is 4.79 Å². The summed E-state index contributed by atoms with van der Waals surface area (Å²) >= 11 is 0. The van der Waals surface area contributed by atoms with E-state index >= 15 is 0 Å². The molecule has 0 unspecified atom stereocenters. The number of aliphatic carboxylic acids is 1. The van der Waals surface area contributed by atoms with Crippen LogP contribution in [0.25, 0.3) is 0 Å². The molecule has 1 aliphatic rings. The largest absolute Gasteiger partial charge is 0.478 e. The molecule has 92 valence electrons. The van der Waals surface area contributed by atoms with Crippen LogP contribution in [-0.2, 0) is 4.79 Å². The van der Waals surface area contributed by atoms with Crippen molar-refractivity contribution in [3.8, 4) is 0 Å². The molecule has 0 radical (unpaired) electrons. The number of carbonyl (C=O) groups is 1. The molecule has 1 fully saturated rings. The van der Waals surface area contributed by atoms with Crippen LogP contribution >= 0.6 is 0 Å². The molecule has 1 saturated carbocycles. The average molecular weight is 226 g/mol. The van der Waals surface area contributed by atoms with Gasteiger partial charge in [-0.3, -0.25) is 0 Å². The zero-order valence-electron chi connectivity index (χ0n) is 10.4. The third kappa shape index (κ3) is 3.06. The van der Waals surface area contributed by atoms with Gasteiger partial charge in [-0.15, -0.1) is 0 Å². The predicted octanol–water partition coefficient (Wildman–Crippen LogP) is 1.09. The highest BCUT2D eigenvalue weighted by Crippen LogP contribution is 2.35. The van der Waals surface area contributed by atoms with E-state index in [0.717, 1.165) is 6.54 Å². The molecule has 16 heavy (non-hydrogen) atoms. The number of carboxylic acid groups (broad SMARTS) is 1. The molecule has 2 N–H and O–H groups in total. The normalized spacial score (nSPS) is 19.6. The highest BCUT2D eigenvalue weighted by atomic mass is 16.4. The number of hydrogen-bond donors (Lipinski definition) is 2. The molecule has 1 rings (SSSR count). The number of nitrogens with one attached hydrogen (secondary N) is 1. The molecule has 0 bridgehead atoms. The number of likely N-dealkylation sites (N-methyl/N-ethyl adjacent to an activating group) is 1. The van der Waals surface area contributed by atoms with Crippen LogP contribution in [0, 0.1) is 0 Å². The molecule has 4 heteroatoms. The topological polar surface area (TPSA) is 52.6 Å². The summed E-state index contributed by atoms with van der Waals surface area (Å²) in [5.41, 5.74) is 0.699. The van der Waals surface area contributed by atoms with Crippen molar-refractivity contribution in [1.82, 2.24) is 10.2 Å². The number of rotatable bonds is 6. The molecule has 0 heterocycles. The maximum Gasteiger partial charge on any atom is 0.330 e. The molecule has 0 aliphatic heterocycles. The van der Waals surface area contributed by atoms with Crippen LogP contribution in [0.5, 0.6) is 0 Å². The van der Waals surface area contributed by atoms with Crippen molar-refractivity contribution in [2.45, 2.75) is 31.7 Å². The van der Waals surface area contributed by atoms with Crippen LogP contribution in [0.15, 0.2) is 11.6 Å². The van der Waals surface area contributed by atoms with Crippen molar-refractivity contribution in [2.24, 2.45) is 0 Å². The highest BCUT2D eigenvalue weighted by molar-refractivity contribution is 5.85. The fourth-order valence-corrected chi connectivity index (χ4v) is 1.98. The van der Waals surface area contributed by atoms with Gasteiger partial charge in [0.1, 0.15) is 0 Å². The third-order valence-electron chi connectivity index (χ3n) is 3.58. The van der Waals surface area contributed by atoms with E-state index in [1.807, 2.05) is 0 Å². The smallest absolute Gasteiger partial charge is 0.330 e. The van der Waals surface area contributed by atoms with Crippen molar-refractivity contribution < 1.29 is 9.90 Å². The lowest BCUT2D eigenvalue weighted by Crippen LogP contribution is -2.56. The van der Waals surface area contributed by atoms with E-state index in [1.165, 1.54) is 19.3 Å². The Balaban J connectivity index is 2.30. The Kier molecular flexibility index (Phi) is 4.50. The number of carboxylic acids is 1. The molecule has 0 aromatic rings. The van der Waals surface area contributed by atoms with Crippen molar-refractivity contribution in [3.05, 3.63) is 11.6 Å². The van der Waals surface area contributed by atoms with Gasteiger partial charge in [0.05, 0.1) is 0 Å². The van der Waals surface area contributed by atoms with E-state index in [-0.39, 0.29) is 0 Å². The van der Waals surface area contributed by atoms with Crippen LogP contribution in [0.1, 0.15) is 26.2 Å². The molecule has 4 nitrogen and oxygen atoms in total. The molecule has 0 aromatic carbocycles. The summed E-state index contributed by atoms with van der Waals surface area (Å²) in [5.74, 6) is -0.840. The van der Waals surface area contributed by atoms with Crippen molar-refractivity contribution >= 4 is 5.97 Å². The number of nitrogens with zero attached hydrogens (tertiary/aromatic N) is 1. The lowest BCUT2D eigenvalue weighted by Gasteiger charge is -2.47. The van der Waals surface area contributed by atoms with Crippen LogP contribution in [0.2, 0.25) is 0 Å². The average Bonchev–Trinajstić information content (AvgIpc) is 2.13. The van der Waals surface area contributed by atoms with Crippen molar-refractivity contribution in [1.29, 1.82) is 0 Å². The minimum atomic E-state index is -0.840. The summed E-state index contributed by atoms with van der Waals surface area (Å²) in [6.07, 6.45) is 5.48. The summed E-state index contributed by atoms with van der Waals surface area (Å²) < 4.78 is 0. The maximum absolute atomic E-state index is 10.6. The van der Waals surface area contributed by atoms with Gasteiger partial charge >= 0.3 is 5.97 Å². The van der Waals surface area contributed by atoms with Crippen LogP contribution in [0.4, 0.5) is 0 Å². The minimum Gasteiger partial charge on any atom is -0.478 e. The summed E-state index contributed by atoms with van der Waals surface area (Å²) in [4.78, 5) is 12.8. The summed E-state index contributed by atoms with van der Waals surface area (Å²) in [6.45, 7) is 3.19. The van der Waals surface area contributed by atoms with Crippen molar-refractivity contribution in [2.75, 3.05) is 27.2 Å². The molecule has 0 spiro atoms. The molecular formula is C12H22N2O2. The Hall–Kier alpha value is -0.870. The number of hydrogen-bond acceptors (Lipinski definition) is 3. The van der Waals surface area contributed by atoms with Gasteiger partial charge in [0.2, 0.25) is 0 Å². The zero-order chi connectivity index (χ0) is 12.2. The first-order valence-corrected chi connectivity index (χ1v) is 5.76. The molecule has 0 atom stereocenters. The van der Waals surface area contributed by atoms with E-state index < -0.39 is 5.97 Å². The van der Waals surface area contributed by atoms with E-state index in [0.29, 0.717) is 17.7 Å². The summed E-state index contributed by atoms with van der Waals surface area (Å²) in [5, 5.41) is 12.0. The first-order valence-electron chi connectivity index (χ1n) is 5.76. The lowest BCUT2D eigenvalue weighted by atomic mass is 9.75. The standard InChI is InChI=1S/C12H22N2O2/c1-10(11(15)16)5-8-13-9-12(14(2)3)6-4-7-12/h5,13H,4,6-9H2,1-3H3,(H,15,16)/b10-5-. The van der Waals surface area contributed by atoms with Gasteiger partial charge < -0.3 is 15.3 Å². The molecular weight excluding hydrogens is 204 g/mol. The SMILES string of the molecule is C/C(=C/CNCC1(N(C)C)CCC1)C(=O)O. The first kappa shape index (κ1) is 13.2. The second-order valence-electron chi connectivity index (χ2n) is 4.80. The van der Waals surface area contributed by atoms with Crippen molar-refractivity contribution in [3.63, 3.8) is 0 Å². The first-order chi connectivity index (χ1) is 7.48. The van der Waals surface area contributed by atoms with Crippen LogP contribution < -0.4 is 5.32 Å². The second kappa shape index (κ2) is 5.46. The second-order valence-corrected chi connectivity index (χ2v) is 4.80.